The van der Waals surface area contributed by atoms with Gasteiger partial charge in [-0.3, -0.25) is 0 Å². The minimum Gasteiger partial charge on any atom is -0.488 e. The van der Waals surface area contributed by atoms with Crippen LogP contribution in [0.25, 0.3) is 11.4 Å². The maximum atomic E-state index is 5.97. The number of tetrazole rings is 1. The van der Waals surface area contributed by atoms with Gasteiger partial charge in [0.2, 0.25) is 0 Å². The number of fused-ring (bicyclic) bond motifs is 3. The molecular weight excluding hydrogens is 230 g/mol. The highest BCUT2D eigenvalue weighted by molar-refractivity contribution is 5.73. The Hall–Kier alpha value is -2.11. The first kappa shape index (κ1) is 9.87. The van der Waals surface area contributed by atoms with Gasteiger partial charge in [-0.15, -0.1) is 5.10 Å². The lowest BCUT2D eigenvalue weighted by Crippen LogP contribution is -2.19. The molecule has 1 aromatic heterocycles. The zero-order chi connectivity index (χ0) is 12.1. The molecule has 18 heavy (non-hydrogen) atoms. The molecule has 92 valence electrons. The van der Waals surface area contributed by atoms with Gasteiger partial charge >= 0.3 is 0 Å². The minimum absolute atomic E-state index is 0.224. The number of aromatic nitrogens is 4. The van der Waals surface area contributed by atoms with Gasteiger partial charge in [0, 0.05) is 0 Å². The Balaban J connectivity index is 1.91. The third kappa shape index (κ3) is 1.32. The number of nitrogen functional groups attached to an aromatic ring is 1. The third-order valence-electron chi connectivity index (χ3n) is 3.66. The van der Waals surface area contributed by atoms with E-state index in [1.807, 2.05) is 22.9 Å². The van der Waals surface area contributed by atoms with Gasteiger partial charge in [-0.05, 0) is 41.3 Å². The first-order valence-electron chi connectivity index (χ1n) is 6.14. The molecule has 2 heterocycles. The molecule has 0 radical (unpaired) electrons. The SMILES string of the molecule is Nc1cccc2c1OC[C@@H](C1CC1)n1nnnc1-2. The molecule has 4 rings (SSSR count). The summed E-state index contributed by atoms with van der Waals surface area (Å²) in [7, 11) is 0. The fraction of sp³-hybridized carbons (Fsp3) is 0.417. The molecule has 1 aliphatic heterocycles. The van der Waals surface area contributed by atoms with Crippen LogP contribution in [0.1, 0.15) is 18.9 Å². The number of ether oxygens (including phenoxy) is 1. The van der Waals surface area contributed by atoms with Crippen LogP contribution in [0, 0.1) is 5.92 Å². The molecular formula is C12H13N5O. The van der Waals surface area contributed by atoms with Gasteiger partial charge in [-0.25, -0.2) is 4.68 Å². The van der Waals surface area contributed by atoms with E-state index >= 15 is 0 Å². The topological polar surface area (TPSA) is 78.9 Å². The van der Waals surface area contributed by atoms with Crippen LogP contribution >= 0.6 is 0 Å². The van der Waals surface area contributed by atoms with Crippen LogP contribution in [-0.2, 0) is 0 Å². The summed E-state index contributed by atoms with van der Waals surface area (Å²) >= 11 is 0. The second-order valence-corrected chi connectivity index (χ2v) is 4.89. The van der Waals surface area contributed by atoms with Crippen LogP contribution < -0.4 is 10.5 Å². The van der Waals surface area contributed by atoms with E-state index in [2.05, 4.69) is 15.5 Å². The average Bonchev–Trinajstić information content (AvgIpc) is 3.11. The first-order chi connectivity index (χ1) is 8.84. The lowest BCUT2D eigenvalue weighted by atomic mass is 10.1. The van der Waals surface area contributed by atoms with E-state index in [0.717, 1.165) is 11.4 Å². The van der Waals surface area contributed by atoms with Gasteiger partial charge in [-0.2, -0.15) is 0 Å². The van der Waals surface area contributed by atoms with Gasteiger partial charge in [-0.1, -0.05) is 6.07 Å². The lowest BCUT2D eigenvalue weighted by molar-refractivity contribution is 0.229. The van der Waals surface area contributed by atoms with Gasteiger partial charge in [0.05, 0.1) is 17.3 Å². The maximum absolute atomic E-state index is 5.97. The summed E-state index contributed by atoms with van der Waals surface area (Å²) in [4.78, 5) is 0. The number of nitrogens with zero attached hydrogens (tertiary/aromatic N) is 4. The zero-order valence-electron chi connectivity index (χ0n) is 9.78. The molecule has 6 nitrogen and oxygen atoms in total. The minimum atomic E-state index is 0.224. The van der Waals surface area contributed by atoms with E-state index in [0.29, 0.717) is 24.0 Å². The summed E-state index contributed by atoms with van der Waals surface area (Å²) in [6.07, 6.45) is 2.44. The number of nitrogens with two attached hydrogens (primary N) is 1. The maximum Gasteiger partial charge on any atom is 0.186 e. The Kier molecular flexibility index (Phi) is 1.89. The molecule has 0 saturated heterocycles. The molecule has 1 fully saturated rings. The fourth-order valence-corrected chi connectivity index (χ4v) is 2.54. The second-order valence-electron chi connectivity index (χ2n) is 4.89. The fourth-order valence-electron chi connectivity index (χ4n) is 2.54. The first-order valence-corrected chi connectivity index (χ1v) is 6.14. The molecule has 0 unspecified atom stereocenters. The predicted molar refractivity (Wildman–Crippen MR) is 64.9 cm³/mol. The molecule has 0 spiro atoms. The number of rotatable bonds is 1. The van der Waals surface area contributed by atoms with E-state index in [-0.39, 0.29) is 6.04 Å². The molecule has 1 saturated carbocycles. The summed E-state index contributed by atoms with van der Waals surface area (Å²) in [5.74, 6) is 2.09. The molecule has 1 aromatic carbocycles. The van der Waals surface area contributed by atoms with Crippen LogP contribution in [0.4, 0.5) is 5.69 Å². The van der Waals surface area contributed by atoms with Crippen LogP contribution in [0.3, 0.4) is 0 Å². The van der Waals surface area contributed by atoms with Crippen LogP contribution in [0.15, 0.2) is 18.2 Å². The summed E-state index contributed by atoms with van der Waals surface area (Å²) in [5.41, 5.74) is 7.49. The highest BCUT2D eigenvalue weighted by atomic mass is 16.5. The Morgan fingerprint density at radius 1 is 1.33 bits per heavy atom. The van der Waals surface area contributed by atoms with Crippen molar-refractivity contribution < 1.29 is 4.74 Å². The van der Waals surface area contributed by atoms with Crippen molar-refractivity contribution in [3.8, 4) is 17.1 Å². The number of anilines is 1. The number of benzene rings is 1. The van der Waals surface area contributed by atoms with Gasteiger partial charge in [0.25, 0.3) is 0 Å². The van der Waals surface area contributed by atoms with Crippen molar-refractivity contribution in [1.29, 1.82) is 0 Å². The van der Waals surface area contributed by atoms with Gasteiger partial charge in [0.1, 0.15) is 6.61 Å². The van der Waals surface area contributed by atoms with E-state index in [1.54, 1.807) is 0 Å². The van der Waals surface area contributed by atoms with Crippen LogP contribution in [-0.4, -0.2) is 26.8 Å². The third-order valence-corrected chi connectivity index (χ3v) is 3.66. The smallest absolute Gasteiger partial charge is 0.186 e. The molecule has 1 aliphatic carbocycles. The molecule has 2 aliphatic rings. The highest BCUT2D eigenvalue weighted by Crippen LogP contribution is 2.44. The van der Waals surface area contributed by atoms with E-state index in [1.165, 1.54) is 12.8 Å². The van der Waals surface area contributed by atoms with Gasteiger partial charge in [0.15, 0.2) is 11.6 Å². The van der Waals surface area contributed by atoms with Crippen molar-refractivity contribution in [3.63, 3.8) is 0 Å². The molecule has 2 aromatic rings. The van der Waals surface area contributed by atoms with E-state index in [4.69, 9.17) is 10.5 Å². The average molecular weight is 243 g/mol. The molecule has 1 atom stereocenters. The van der Waals surface area contributed by atoms with Crippen molar-refractivity contribution in [3.05, 3.63) is 18.2 Å². The largest absolute Gasteiger partial charge is 0.488 e. The predicted octanol–water partition coefficient (Wildman–Crippen LogP) is 1.27. The van der Waals surface area contributed by atoms with Crippen molar-refractivity contribution in [2.24, 2.45) is 5.92 Å². The Labute approximate surface area is 104 Å². The van der Waals surface area contributed by atoms with E-state index in [9.17, 15) is 0 Å². The Morgan fingerprint density at radius 3 is 3.06 bits per heavy atom. The summed E-state index contributed by atoms with van der Waals surface area (Å²) < 4.78 is 7.77. The monoisotopic (exact) mass is 243 g/mol. The standard InChI is InChI=1S/C12H13N5O/c13-9-3-1-2-8-11(9)18-6-10(7-4-5-7)17-12(8)14-15-16-17/h1-3,7,10H,4-6,13H2/t10-/m0/s1. The quantitative estimate of drug-likeness (QED) is 0.763. The number of para-hydroxylation sites is 1. The van der Waals surface area contributed by atoms with Crippen LogP contribution in [0.5, 0.6) is 5.75 Å². The normalized spacial score (nSPS) is 21.7. The van der Waals surface area contributed by atoms with Crippen molar-refractivity contribution in [2.75, 3.05) is 12.3 Å². The lowest BCUT2D eigenvalue weighted by Gasteiger charge is -2.14. The molecule has 0 amide bonds. The van der Waals surface area contributed by atoms with Crippen LogP contribution in [0.2, 0.25) is 0 Å². The molecule has 6 heteroatoms. The van der Waals surface area contributed by atoms with Crippen molar-refractivity contribution in [1.82, 2.24) is 20.2 Å². The summed E-state index contributed by atoms with van der Waals surface area (Å²) in [6, 6.07) is 5.91. The summed E-state index contributed by atoms with van der Waals surface area (Å²) in [6.45, 7) is 0.587. The molecule has 0 bridgehead atoms. The zero-order valence-corrected chi connectivity index (χ0v) is 9.78. The number of hydrogen-bond donors (Lipinski definition) is 1. The Morgan fingerprint density at radius 2 is 2.22 bits per heavy atom. The molecule has 2 N–H and O–H groups in total. The van der Waals surface area contributed by atoms with Gasteiger partial charge < -0.3 is 10.5 Å². The highest BCUT2D eigenvalue weighted by Gasteiger charge is 2.37. The summed E-state index contributed by atoms with van der Waals surface area (Å²) in [5, 5.41) is 12.0. The number of hydrogen-bond acceptors (Lipinski definition) is 5. The second kappa shape index (κ2) is 3.44. The Bertz CT molecular complexity index is 604. The van der Waals surface area contributed by atoms with E-state index < -0.39 is 0 Å². The van der Waals surface area contributed by atoms with Crippen molar-refractivity contribution >= 4 is 5.69 Å². The van der Waals surface area contributed by atoms with Crippen molar-refractivity contribution in [2.45, 2.75) is 18.9 Å².